The highest BCUT2D eigenvalue weighted by molar-refractivity contribution is 7.99. The van der Waals surface area contributed by atoms with Crippen molar-refractivity contribution in [3.63, 3.8) is 0 Å². The van der Waals surface area contributed by atoms with Gasteiger partial charge in [0, 0.05) is 22.4 Å². The Balaban J connectivity index is 1.68. The Hall–Kier alpha value is -1.46. The number of carbonyl (C=O) groups excluding carboxylic acids is 1. The number of imidazole rings is 1. The molecule has 0 saturated heterocycles. The minimum Gasteiger partial charge on any atom is -0.325 e. The Kier molecular flexibility index (Phi) is 5.74. The summed E-state index contributed by atoms with van der Waals surface area (Å²) < 4.78 is 2.34. The maximum atomic E-state index is 12.4. The molecule has 1 aromatic heterocycles. The van der Waals surface area contributed by atoms with E-state index in [9.17, 15) is 4.79 Å². The maximum absolute atomic E-state index is 12.4. The van der Waals surface area contributed by atoms with Crippen LogP contribution in [-0.2, 0) is 4.79 Å². The third-order valence-electron chi connectivity index (χ3n) is 4.85. The van der Waals surface area contributed by atoms with Crippen molar-refractivity contribution in [3.8, 4) is 0 Å². The first kappa shape index (κ1) is 18.3. The summed E-state index contributed by atoms with van der Waals surface area (Å²) in [7, 11) is 0. The highest BCUT2D eigenvalue weighted by Gasteiger charge is 2.23. The van der Waals surface area contributed by atoms with Crippen molar-refractivity contribution >= 4 is 35.0 Å². The van der Waals surface area contributed by atoms with Crippen molar-refractivity contribution in [2.45, 2.75) is 57.7 Å². The predicted octanol–water partition coefficient (Wildman–Crippen LogP) is 5.31. The highest BCUT2D eigenvalue weighted by atomic mass is 35.5. The van der Waals surface area contributed by atoms with Gasteiger partial charge in [0.1, 0.15) is 0 Å². The van der Waals surface area contributed by atoms with E-state index in [0.29, 0.717) is 16.8 Å². The molecule has 1 N–H and O–H groups in total. The Morgan fingerprint density at radius 3 is 2.76 bits per heavy atom. The fraction of sp³-hybridized carbons (Fsp3) is 0.474. The second-order valence-electron chi connectivity index (χ2n) is 6.67. The van der Waals surface area contributed by atoms with Crippen LogP contribution in [0.25, 0.3) is 0 Å². The van der Waals surface area contributed by atoms with Gasteiger partial charge < -0.3 is 9.88 Å². The van der Waals surface area contributed by atoms with E-state index in [1.165, 1.54) is 43.1 Å². The monoisotopic (exact) mass is 377 g/mol. The summed E-state index contributed by atoms with van der Waals surface area (Å²) in [5.41, 5.74) is 4.05. The number of benzene rings is 1. The van der Waals surface area contributed by atoms with Crippen LogP contribution >= 0.6 is 23.4 Å². The van der Waals surface area contributed by atoms with Gasteiger partial charge in [-0.2, -0.15) is 0 Å². The molecule has 1 aliphatic carbocycles. The first-order valence-electron chi connectivity index (χ1n) is 8.70. The molecule has 0 spiro atoms. The Morgan fingerprint density at radius 2 is 2.04 bits per heavy atom. The third kappa shape index (κ3) is 4.21. The normalized spacial score (nSPS) is 14.9. The summed E-state index contributed by atoms with van der Waals surface area (Å²) in [6.45, 7) is 6.12. The van der Waals surface area contributed by atoms with Gasteiger partial charge in [-0.15, -0.1) is 0 Å². The molecule has 134 valence electrons. The third-order valence-corrected chi connectivity index (χ3v) is 6.04. The molecule has 1 saturated carbocycles. The smallest absolute Gasteiger partial charge is 0.234 e. The fourth-order valence-corrected chi connectivity index (χ4v) is 4.47. The number of aromatic nitrogens is 2. The zero-order valence-corrected chi connectivity index (χ0v) is 16.5. The number of carbonyl (C=O) groups is 1. The molecule has 25 heavy (non-hydrogen) atoms. The largest absolute Gasteiger partial charge is 0.325 e. The lowest BCUT2D eigenvalue weighted by molar-refractivity contribution is -0.113. The molecule has 0 unspecified atom stereocenters. The van der Waals surface area contributed by atoms with Crippen LogP contribution in [0.4, 0.5) is 5.69 Å². The lowest BCUT2D eigenvalue weighted by Crippen LogP contribution is -2.16. The van der Waals surface area contributed by atoms with Gasteiger partial charge in [-0.3, -0.25) is 4.79 Å². The van der Waals surface area contributed by atoms with E-state index in [1.54, 1.807) is 6.07 Å². The molecule has 1 fully saturated rings. The SMILES string of the molecule is Cc1ccc(Cl)cc1NC(=O)CSc1nc(C)c(C)n1C1CCCC1. The minimum atomic E-state index is -0.0355. The van der Waals surface area contributed by atoms with Gasteiger partial charge in [0.15, 0.2) is 5.16 Å². The average Bonchev–Trinajstić information content (AvgIpc) is 3.18. The van der Waals surface area contributed by atoms with Crippen molar-refractivity contribution in [1.29, 1.82) is 0 Å². The van der Waals surface area contributed by atoms with E-state index in [-0.39, 0.29) is 5.91 Å². The average molecular weight is 378 g/mol. The van der Waals surface area contributed by atoms with Crippen LogP contribution in [0.3, 0.4) is 0 Å². The van der Waals surface area contributed by atoms with Crippen LogP contribution < -0.4 is 5.32 Å². The molecular formula is C19H24ClN3OS. The lowest BCUT2D eigenvalue weighted by Gasteiger charge is -2.17. The number of rotatable bonds is 5. The van der Waals surface area contributed by atoms with Crippen molar-refractivity contribution < 1.29 is 4.79 Å². The molecule has 1 aromatic carbocycles. The summed E-state index contributed by atoms with van der Waals surface area (Å²) in [6.07, 6.45) is 4.97. The minimum absolute atomic E-state index is 0.0355. The van der Waals surface area contributed by atoms with Gasteiger partial charge in [0.2, 0.25) is 5.91 Å². The molecule has 1 aliphatic rings. The first-order chi connectivity index (χ1) is 12.0. The number of halogens is 1. The van der Waals surface area contributed by atoms with Gasteiger partial charge in [-0.25, -0.2) is 4.98 Å². The molecule has 2 aromatic rings. The number of aryl methyl sites for hydroxylation is 2. The van der Waals surface area contributed by atoms with E-state index < -0.39 is 0 Å². The molecule has 0 atom stereocenters. The highest BCUT2D eigenvalue weighted by Crippen LogP contribution is 2.35. The summed E-state index contributed by atoms with van der Waals surface area (Å²) in [4.78, 5) is 17.1. The lowest BCUT2D eigenvalue weighted by atomic mass is 10.2. The van der Waals surface area contributed by atoms with Crippen LogP contribution in [0.15, 0.2) is 23.4 Å². The van der Waals surface area contributed by atoms with Crippen LogP contribution in [0.2, 0.25) is 5.02 Å². The van der Waals surface area contributed by atoms with E-state index >= 15 is 0 Å². The van der Waals surface area contributed by atoms with Gasteiger partial charge in [-0.1, -0.05) is 42.3 Å². The Labute approximate surface area is 158 Å². The molecule has 3 rings (SSSR count). The zero-order valence-electron chi connectivity index (χ0n) is 14.9. The van der Waals surface area contributed by atoms with E-state index in [0.717, 1.165) is 22.1 Å². The molecule has 4 nitrogen and oxygen atoms in total. The van der Waals surface area contributed by atoms with Gasteiger partial charge in [0.25, 0.3) is 0 Å². The molecule has 0 bridgehead atoms. The van der Waals surface area contributed by atoms with Crippen molar-refractivity contribution in [2.75, 3.05) is 11.1 Å². The second-order valence-corrected chi connectivity index (χ2v) is 8.05. The van der Waals surface area contributed by atoms with Crippen molar-refractivity contribution in [2.24, 2.45) is 0 Å². The first-order valence-corrected chi connectivity index (χ1v) is 10.1. The Bertz CT molecular complexity index is 781. The topological polar surface area (TPSA) is 46.9 Å². The molecular weight excluding hydrogens is 354 g/mol. The van der Waals surface area contributed by atoms with E-state index in [4.69, 9.17) is 16.6 Å². The van der Waals surface area contributed by atoms with Crippen LogP contribution in [0.5, 0.6) is 0 Å². The summed E-state index contributed by atoms with van der Waals surface area (Å²) in [5, 5.41) is 4.53. The number of hydrogen-bond acceptors (Lipinski definition) is 3. The predicted molar refractivity (Wildman–Crippen MR) is 105 cm³/mol. The van der Waals surface area contributed by atoms with Crippen LogP contribution in [-0.4, -0.2) is 21.2 Å². The zero-order chi connectivity index (χ0) is 18.0. The number of amides is 1. The van der Waals surface area contributed by atoms with Crippen LogP contribution in [0, 0.1) is 20.8 Å². The molecule has 6 heteroatoms. The van der Waals surface area contributed by atoms with Gasteiger partial charge in [-0.05, 0) is 51.3 Å². The summed E-state index contributed by atoms with van der Waals surface area (Å²) in [6, 6.07) is 6.05. The van der Waals surface area contributed by atoms with E-state index in [2.05, 4.69) is 16.8 Å². The number of anilines is 1. The van der Waals surface area contributed by atoms with Gasteiger partial charge in [0.05, 0.1) is 11.4 Å². The van der Waals surface area contributed by atoms with Crippen LogP contribution in [0.1, 0.15) is 48.7 Å². The molecule has 1 amide bonds. The summed E-state index contributed by atoms with van der Waals surface area (Å²) >= 11 is 7.53. The number of thioether (sulfide) groups is 1. The Morgan fingerprint density at radius 1 is 1.32 bits per heavy atom. The number of nitrogens with one attached hydrogen (secondary N) is 1. The summed E-state index contributed by atoms with van der Waals surface area (Å²) in [5.74, 6) is 0.306. The number of hydrogen-bond donors (Lipinski definition) is 1. The van der Waals surface area contributed by atoms with Crippen molar-refractivity contribution in [3.05, 3.63) is 40.2 Å². The van der Waals surface area contributed by atoms with Crippen molar-refractivity contribution in [1.82, 2.24) is 9.55 Å². The quantitative estimate of drug-likeness (QED) is 0.718. The molecule has 1 heterocycles. The molecule has 0 aliphatic heterocycles. The standard InChI is InChI=1S/C19H24ClN3OS/c1-12-8-9-15(20)10-17(12)22-18(24)11-25-19-21-13(2)14(3)23(19)16-6-4-5-7-16/h8-10,16H,4-7,11H2,1-3H3,(H,22,24). The fourth-order valence-electron chi connectivity index (χ4n) is 3.34. The van der Waals surface area contributed by atoms with Gasteiger partial charge >= 0.3 is 0 Å². The second kappa shape index (κ2) is 7.83. The molecule has 0 radical (unpaired) electrons. The van der Waals surface area contributed by atoms with E-state index in [1.807, 2.05) is 26.0 Å². The maximum Gasteiger partial charge on any atom is 0.234 e. The number of nitrogens with zero attached hydrogens (tertiary/aromatic N) is 2.